The molecule has 2 aliphatic heterocycles. The van der Waals surface area contributed by atoms with E-state index in [0.717, 1.165) is 0 Å². The van der Waals surface area contributed by atoms with Crippen molar-refractivity contribution in [1.82, 2.24) is 10.6 Å². The molecule has 2 aliphatic rings. The number of hydrogen-bond acceptors (Lipinski definition) is 9. The van der Waals surface area contributed by atoms with Crippen LogP contribution in [0.2, 0.25) is 0 Å². The molecule has 5 rings (SSSR count). The average molecular weight is 551 g/mol. The molecule has 2 heterocycles. The molecular formula is C28H26N2O10. The number of hydrogen-bond donors (Lipinski definition) is 5. The fraction of sp³-hybridized carbons (Fsp3) is 0.250. The van der Waals surface area contributed by atoms with Gasteiger partial charge in [-0.2, -0.15) is 0 Å². The summed E-state index contributed by atoms with van der Waals surface area (Å²) in [6, 6.07) is 13.7. The first-order valence-electron chi connectivity index (χ1n) is 12.4. The molecule has 12 nitrogen and oxygen atoms in total. The van der Waals surface area contributed by atoms with Crippen LogP contribution in [0, 0.1) is 0 Å². The van der Waals surface area contributed by atoms with Crippen molar-refractivity contribution in [2.45, 2.75) is 5.60 Å². The van der Waals surface area contributed by atoms with Gasteiger partial charge in [-0.3, -0.25) is 4.79 Å². The van der Waals surface area contributed by atoms with Crippen molar-refractivity contribution in [1.29, 1.82) is 0 Å². The summed E-state index contributed by atoms with van der Waals surface area (Å²) >= 11 is 0. The first-order valence-corrected chi connectivity index (χ1v) is 12.4. The molecule has 208 valence electrons. The third kappa shape index (κ3) is 5.09. The van der Waals surface area contributed by atoms with E-state index in [0.29, 0.717) is 16.7 Å². The summed E-state index contributed by atoms with van der Waals surface area (Å²) in [6.45, 7) is 1.41. The lowest BCUT2D eigenvalue weighted by molar-refractivity contribution is 0.0224. The number of esters is 1. The molecule has 12 heteroatoms. The van der Waals surface area contributed by atoms with Crippen LogP contribution in [0.3, 0.4) is 0 Å². The van der Waals surface area contributed by atoms with Crippen LogP contribution < -0.4 is 15.4 Å². The first kappa shape index (κ1) is 26.8. The Kier molecular flexibility index (Phi) is 7.45. The lowest BCUT2D eigenvalue weighted by Crippen LogP contribution is -2.33. The monoisotopic (exact) mass is 550 g/mol. The van der Waals surface area contributed by atoms with E-state index < -0.39 is 23.6 Å². The third-order valence-corrected chi connectivity index (χ3v) is 6.46. The molecule has 3 aromatic carbocycles. The normalized spacial score (nSPS) is 13.9. The highest BCUT2D eigenvalue weighted by Gasteiger charge is 2.53. The van der Waals surface area contributed by atoms with E-state index in [9.17, 15) is 24.6 Å². The van der Waals surface area contributed by atoms with Gasteiger partial charge in [-0.15, -0.1) is 0 Å². The van der Waals surface area contributed by atoms with E-state index in [-0.39, 0.29) is 73.6 Å². The zero-order chi connectivity index (χ0) is 28.3. The lowest BCUT2D eigenvalue weighted by Gasteiger charge is -2.36. The molecule has 5 N–H and O–H groups in total. The highest BCUT2D eigenvalue weighted by molar-refractivity contribution is 6.01. The highest BCUT2D eigenvalue weighted by Crippen LogP contribution is 2.57. The van der Waals surface area contributed by atoms with Gasteiger partial charge in [0.05, 0.1) is 32.0 Å². The molecule has 0 aromatic heterocycles. The average Bonchev–Trinajstić information content (AvgIpc) is 3.21. The Morgan fingerprint density at radius 2 is 1.35 bits per heavy atom. The van der Waals surface area contributed by atoms with E-state index in [1.807, 2.05) is 0 Å². The van der Waals surface area contributed by atoms with Crippen LogP contribution in [-0.4, -0.2) is 72.8 Å². The number of fused-ring (bicyclic) bond motifs is 6. The largest absolute Gasteiger partial charge is 0.508 e. The number of aromatic hydroxyl groups is 2. The quantitative estimate of drug-likeness (QED) is 0.187. The second kappa shape index (κ2) is 11.1. The SMILES string of the molecule is O=C(O)NCCOCCOCCNC(=O)c1ccc2c(c1)C(=O)OC21c2ccc(O)cc2Oc2cc(O)ccc21. The molecule has 2 amide bonds. The van der Waals surface area contributed by atoms with Crippen LogP contribution in [0.25, 0.3) is 0 Å². The molecule has 0 radical (unpaired) electrons. The fourth-order valence-corrected chi connectivity index (χ4v) is 4.74. The summed E-state index contributed by atoms with van der Waals surface area (Å²) in [4.78, 5) is 36.3. The predicted molar refractivity (Wildman–Crippen MR) is 138 cm³/mol. The van der Waals surface area contributed by atoms with E-state index in [2.05, 4.69) is 10.6 Å². The second-order valence-corrected chi connectivity index (χ2v) is 9.01. The highest BCUT2D eigenvalue weighted by atomic mass is 16.6. The van der Waals surface area contributed by atoms with Crippen molar-refractivity contribution in [2.75, 3.05) is 39.5 Å². The zero-order valence-electron chi connectivity index (χ0n) is 21.1. The van der Waals surface area contributed by atoms with E-state index >= 15 is 0 Å². The maximum absolute atomic E-state index is 13.2. The number of phenolic OH excluding ortho intramolecular Hbond substituents is 2. The minimum atomic E-state index is -1.40. The first-order chi connectivity index (χ1) is 19.3. The van der Waals surface area contributed by atoms with E-state index in [1.165, 1.54) is 30.3 Å². The number of benzene rings is 3. The summed E-state index contributed by atoms with van der Waals surface area (Å²) in [5.41, 5.74) is 0.548. The lowest BCUT2D eigenvalue weighted by atomic mass is 9.77. The van der Waals surface area contributed by atoms with Crippen LogP contribution in [-0.2, 0) is 19.8 Å². The standard InChI is InChI=1S/C28H26N2O10/c31-17-2-5-21-23(14-17)39-24-15-18(32)3-6-22(24)28(21)20-4-1-16(13-19(20)26(34)40-28)25(33)29-7-9-37-11-12-38-10-8-30-27(35)36/h1-6,13-15,30-32H,7-12H2,(H,29,33)(H,35,36). The van der Waals surface area contributed by atoms with Crippen molar-refractivity contribution in [3.8, 4) is 23.0 Å². The van der Waals surface area contributed by atoms with Crippen LogP contribution in [0.5, 0.6) is 23.0 Å². The van der Waals surface area contributed by atoms with Crippen LogP contribution >= 0.6 is 0 Å². The van der Waals surface area contributed by atoms with Crippen LogP contribution in [0.4, 0.5) is 4.79 Å². The van der Waals surface area contributed by atoms with E-state index in [1.54, 1.807) is 24.3 Å². The molecule has 0 atom stereocenters. The van der Waals surface area contributed by atoms with E-state index in [4.69, 9.17) is 24.1 Å². The third-order valence-electron chi connectivity index (χ3n) is 6.46. The van der Waals surface area contributed by atoms with Gasteiger partial charge in [-0.05, 0) is 36.4 Å². The topological polar surface area (TPSA) is 173 Å². The summed E-state index contributed by atoms with van der Waals surface area (Å²) in [7, 11) is 0. The Morgan fingerprint density at radius 1 is 0.775 bits per heavy atom. The summed E-state index contributed by atoms with van der Waals surface area (Å²) in [6.07, 6.45) is -1.11. The van der Waals surface area contributed by atoms with Gasteiger partial charge in [0.25, 0.3) is 5.91 Å². The van der Waals surface area contributed by atoms with Gasteiger partial charge in [0, 0.05) is 47.5 Å². The molecule has 0 saturated carbocycles. The smallest absolute Gasteiger partial charge is 0.404 e. The number of ether oxygens (including phenoxy) is 4. The number of phenols is 2. The number of nitrogens with one attached hydrogen (secondary N) is 2. The van der Waals surface area contributed by atoms with Gasteiger partial charge in [0.2, 0.25) is 0 Å². The fourth-order valence-electron chi connectivity index (χ4n) is 4.74. The van der Waals surface area contributed by atoms with Crippen molar-refractivity contribution in [3.05, 3.63) is 82.4 Å². The molecule has 3 aromatic rings. The maximum atomic E-state index is 13.2. The Bertz CT molecular complexity index is 1420. The summed E-state index contributed by atoms with van der Waals surface area (Å²) in [5, 5.41) is 33.5. The molecule has 0 bridgehead atoms. The van der Waals surface area contributed by atoms with Crippen molar-refractivity contribution in [2.24, 2.45) is 0 Å². The number of amides is 2. The minimum absolute atomic E-state index is 0.0430. The van der Waals surface area contributed by atoms with Gasteiger partial charge in [-0.25, -0.2) is 9.59 Å². The molecule has 1 spiro atoms. The Morgan fingerprint density at radius 3 is 1.95 bits per heavy atom. The van der Waals surface area contributed by atoms with Crippen LogP contribution in [0.1, 0.15) is 37.4 Å². The molecule has 40 heavy (non-hydrogen) atoms. The van der Waals surface area contributed by atoms with Gasteiger partial charge in [-0.1, -0.05) is 6.07 Å². The minimum Gasteiger partial charge on any atom is -0.508 e. The van der Waals surface area contributed by atoms with Gasteiger partial charge in [0.1, 0.15) is 23.0 Å². The number of carbonyl (C=O) groups is 3. The molecule has 0 saturated heterocycles. The van der Waals surface area contributed by atoms with Gasteiger partial charge < -0.3 is 44.9 Å². The Labute approximate surface area is 228 Å². The summed E-state index contributed by atoms with van der Waals surface area (Å²) in [5.74, 6) is -0.590. The molecule has 0 fully saturated rings. The Hall–Kier alpha value is -4.81. The van der Waals surface area contributed by atoms with Crippen molar-refractivity contribution >= 4 is 18.0 Å². The van der Waals surface area contributed by atoms with Gasteiger partial charge >= 0.3 is 12.1 Å². The van der Waals surface area contributed by atoms with Crippen molar-refractivity contribution < 1.29 is 48.7 Å². The van der Waals surface area contributed by atoms with Gasteiger partial charge in [0.15, 0.2) is 5.60 Å². The number of carboxylic acid groups (broad SMARTS) is 1. The molecule has 0 unspecified atom stereocenters. The molecule has 0 aliphatic carbocycles. The number of rotatable bonds is 10. The second-order valence-electron chi connectivity index (χ2n) is 9.01. The summed E-state index contributed by atoms with van der Waals surface area (Å²) < 4.78 is 22.6. The Balaban J connectivity index is 1.28. The van der Waals surface area contributed by atoms with Crippen molar-refractivity contribution in [3.63, 3.8) is 0 Å². The van der Waals surface area contributed by atoms with Crippen LogP contribution in [0.15, 0.2) is 54.6 Å². The predicted octanol–water partition coefficient (Wildman–Crippen LogP) is 2.70. The molecular weight excluding hydrogens is 524 g/mol. The zero-order valence-corrected chi connectivity index (χ0v) is 21.1. The number of carbonyl (C=O) groups excluding carboxylic acids is 2. The maximum Gasteiger partial charge on any atom is 0.404 e.